The molecule has 1 fully saturated rings. The number of rotatable bonds is 4. The van der Waals surface area contributed by atoms with Crippen molar-refractivity contribution < 1.29 is 4.74 Å². The molecule has 1 aliphatic heterocycles. The molecule has 0 radical (unpaired) electrons. The third-order valence-electron chi connectivity index (χ3n) is 3.28. The summed E-state index contributed by atoms with van der Waals surface area (Å²) in [6, 6.07) is 8.05. The summed E-state index contributed by atoms with van der Waals surface area (Å²) in [5, 5.41) is 0.813. The molecule has 0 bridgehead atoms. The van der Waals surface area contributed by atoms with E-state index in [0.29, 0.717) is 6.10 Å². The van der Waals surface area contributed by atoms with Gasteiger partial charge >= 0.3 is 0 Å². The van der Waals surface area contributed by atoms with E-state index in [9.17, 15) is 0 Å². The molecule has 0 aromatic heterocycles. The molecule has 1 heterocycles. The van der Waals surface area contributed by atoms with Crippen molar-refractivity contribution in [2.45, 2.75) is 44.2 Å². The molecule has 0 amide bonds. The van der Waals surface area contributed by atoms with Crippen LogP contribution >= 0.6 is 11.6 Å². The predicted molar refractivity (Wildman–Crippen MR) is 71.3 cm³/mol. The highest BCUT2D eigenvalue weighted by Crippen LogP contribution is 2.20. The lowest BCUT2D eigenvalue weighted by atomic mass is 9.97. The zero-order valence-corrected chi connectivity index (χ0v) is 10.8. The third-order valence-corrected chi connectivity index (χ3v) is 3.65. The van der Waals surface area contributed by atoms with Gasteiger partial charge in [0.2, 0.25) is 0 Å². The molecule has 0 saturated carbocycles. The maximum Gasteiger partial charge on any atom is 0.0590 e. The largest absolute Gasteiger partial charge is 0.378 e. The average molecular weight is 254 g/mol. The maximum atomic E-state index is 6.17. The fourth-order valence-electron chi connectivity index (χ4n) is 2.36. The van der Waals surface area contributed by atoms with E-state index >= 15 is 0 Å². The Balaban J connectivity index is 1.84. The van der Waals surface area contributed by atoms with E-state index in [4.69, 9.17) is 22.1 Å². The zero-order valence-electron chi connectivity index (χ0n) is 10.1. The van der Waals surface area contributed by atoms with Crippen molar-refractivity contribution in [2.24, 2.45) is 5.73 Å². The number of hydrogen-bond acceptors (Lipinski definition) is 2. The second kappa shape index (κ2) is 6.39. The summed E-state index contributed by atoms with van der Waals surface area (Å²) >= 11 is 6.12. The molecular formula is C14H20ClNO. The normalized spacial score (nSPS) is 22.4. The van der Waals surface area contributed by atoms with Gasteiger partial charge in [0.25, 0.3) is 0 Å². The van der Waals surface area contributed by atoms with Gasteiger partial charge in [0.1, 0.15) is 0 Å². The van der Waals surface area contributed by atoms with Gasteiger partial charge in [-0.1, -0.05) is 29.8 Å². The standard InChI is InChI=1S/C14H20ClNO/c15-14-7-2-1-5-11(14)9-12(16)10-13-6-3-4-8-17-13/h1-2,5,7,12-13H,3-4,6,8-10,16H2. The van der Waals surface area contributed by atoms with Crippen LogP contribution in [0.3, 0.4) is 0 Å². The number of halogens is 1. The van der Waals surface area contributed by atoms with Crippen LogP contribution in [0.15, 0.2) is 24.3 Å². The third kappa shape index (κ3) is 3.98. The topological polar surface area (TPSA) is 35.2 Å². The molecule has 1 aromatic carbocycles. The molecule has 94 valence electrons. The Labute approximate surface area is 108 Å². The number of nitrogens with two attached hydrogens (primary N) is 1. The molecule has 3 heteroatoms. The summed E-state index contributed by atoms with van der Waals surface area (Å²) in [6.45, 7) is 0.892. The molecule has 2 nitrogen and oxygen atoms in total. The van der Waals surface area contributed by atoms with Gasteiger partial charge in [0.15, 0.2) is 0 Å². The lowest BCUT2D eigenvalue weighted by Gasteiger charge is -2.25. The monoisotopic (exact) mass is 253 g/mol. The second-order valence-electron chi connectivity index (χ2n) is 4.78. The Kier molecular flexibility index (Phi) is 4.84. The molecule has 1 aromatic rings. The van der Waals surface area contributed by atoms with Crippen LogP contribution in [0.4, 0.5) is 0 Å². The van der Waals surface area contributed by atoms with Crippen LogP contribution in [0.2, 0.25) is 5.02 Å². The van der Waals surface area contributed by atoms with E-state index in [-0.39, 0.29) is 6.04 Å². The first-order chi connectivity index (χ1) is 8.25. The SMILES string of the molecule is NC(Cc1ccccc1Cl)CC1CCCCO1. The molecule has 2 atom stereocenters. The van der Waals surface area contributed by atoms with Gasteiger partial charge in [-0.3, -0.25) is 0 Å². The second-order valence-corrected chi connectivity index (χ2v) is 5.19. The van der Waals surface area contributed by atoms with Gasteiger partial charge < -0.3 is 10.5 Å². The number of hydrogen-bond donors (Lipinski definition) is 1. The molecule has 1 aliphatic rings. The molecule has 1 saturated heterocycles. The minimum absolute atomic E-state index is 0.137. The first-order valence-electron chi connectivity index (χ1n) is 6.36. The Morgan fingerprint density at radius 1 is 1.35 bits per heavy atom. The lowest BCUT2D eigenvalue weighted by molar-refractivity contribution is 0.00747. The van der Waals surface area contributed by atoms with Crippen molar-refractivity contribution in [1.29, 1.82) is 0 Å². The smallest absolute Gasteiger partial charge is 0.0590 e. The minimum Gasteiger partial charge on any atom is -0.378 e. The van der Waals surface area contributed by atoms with Crippen LogP contribution in [-0.2, 0) is 11.2 Å². The molecule has 2 unspecified atom stereocenters. The molecule has 2 rings (SSSR count). The van der Waals surface area contributed by atoms with Gasteiger partial charge in [-0.25, -0.2) is 0 Å². The van der Waals surface area contributed by atoms with Gasteiger partial charge in [0.05, 0.1) is 6.10 Å². The predicted octanol–water partition coefficient (Wildman–Crippen LogP) is 3.17. The molecule has 0 spiro atoms. The van der Waals surface area contributed by atoms with Crippen molar-refractivity contribution in [3.8, 4) is 0 Å². The van der Waals surface area contributed by atoms with E-state index in [2.05, 4.69) is 0 Å². The van der Waals surface area contributed by atoms with Crippen molar-refractivity contribution in [2.75, 3.05) is 6.61 Å². The molecular weight excluding hydrogens is 234 g/mol. The summed E-state index contributed by atoms with van der Waals surface area (Å²) in [5.74, 6) is 0. The quantitative estimate of drug-likeness (QED) is 0.895. The summed E-state index contributed by atoms with van der Waals surface area (Å²) in [7, 11) is 0. The lowest BCUT2D eigenvalue weighted by Crippen LogP contribution is -2.31. The summed E-state index contributed by atoms with van der Waals surface area (Å²) in [4.78, 5) is 0. The highest BCUT2D eigenvalue weighted by molar-refractivity contribution is 6.31. The zero-order chi connectivity index (χ0) is 12.1. The Morgan fingerprint density at radius 2 is 2.18 bits per heavy atom. The molecule has 17 heavy (non-hydrogen) atoms. The number of ether oxygens (including phenoxy) is 1. The maximum absolute atomic E-state index is 6.17. The van der Waals surface area contributed by atoms with Gasteiger partial charge in [-0.15, -0.1) is 0 Å². The van der Waals surface area contributed by atoms with Crippen LogP contribution in [-0.4, -0.2) is 18.8 Å². The van der Waals surface area contributed by atoms with Crippen LogP contribution in [0.1, 0.15) is 31.2 Å². The average Bonchev–Trinajstić information content (AvgIpc) is 2.33. The molecule has 2 N–H and O–H groups in total. The van der Waals surface area contributed by atoms with Crippen LogP contribution < -0.4 is 5.73 Å². The van der Waals surface area contributed by atoms with Crippen LogP contribution in [0.5, 0.6) is 0 Å². The van der Waals surface area contributed by atoms with Gasteiger partial charge in [-0.05, 0) is 43.7 Å². The van der Waals surface area contributed by atoms with E-state index in [1.54, 1.807) is 0 Å². The minimum atomic E-state index is 0.137. The first-order valence-corrected chi connectivity index (χ1v) is 6.74. The van der Waals surface area contributed by atoms with E-state index < -0.39 is 0 Å². The van der Waals surface area contributed by atoms with E-state index in [1.165, 1.54) is 12.8 Å². The van der Waals surface area contributed by atoms with Crippen LogP contribution in [0.25, 0.3) is 0 Å². The summed E-state index contributed by atoms with van der Waals surface area (Å²) in [5.41, 5.74) is 7.30. The van der Waals surface area contributed by atoms with Gasteiger partial charge in [0, 0.05) is 17.7 Å². The fraction of sp³-hybridized carbons (Fsp3) is 0.571. The Bertz CT molecular complexity index is 350. The van der Waals surface area contributed by atoms with Crippen LogP contribution in [0, 0.1) is 0 Å². The summed E-state index contributed by atoms with van der Waals surface area (Å²) in [6.07, 6.45) is 5.72. The van der Waals surface area contributed by atoms with E-state index in [0.717, 1.165) is 36.5 Å². The number of benzene rings is 1. The Morgan fingerprint density at radius 3 is 2.88 bits per heavy atom. The van der Waals surface area contributed by atoms with Crippen molar-refractivity contribution in [3.63, 3.8) is 0 Å². The fourth-order valence-corrected chi connectivity index (χ4v) is 2.57. The van der Waals surface area contributed by atoms with Gasteiger partial charge in [-0.2, -0.15) is 0 Å². The molecule has 0 aliphatic carbocycles. The van der Waals surface area contributed by atoms with Crippen molar-refractivity contribution in [3.05, 3.63) is 34.9 Å². The Hall–Kier alpha value is -0.570. The summed E-state index contributed by atoms with van der Waals surface area (Å²) < 4.78 is 5.70. The van der Waals surface area contributed by atoms with E-state index in [1.807, 2.05) is 24.3 Å². The highest BCUT2D eigenvalue weighted by atomic mass is 35.5. The van der Waals surface area contributed by atoms with Crippen molar-refractivity contribution in [1.82, 2.24) is 0 Å². The van der Waals surface area contributed by atoms with Crippen molar-refractivity contribution >= 4 is 11.6 Å². The first kappa shape index (κ1) is 12.9. The highest BCUT2D eigenvalue weighted by Gasteiger charge is 2.17.